The average Bonchev–Trinajstić information content (AvgIpc) is 3.04. The Morgan fingerprint density at radius 2 is 1.97 bits per heavy atom. The van der Waals surface area contributed by atoms with Gasteiger partial charge in [0.25, 0.3) is 0 Å². The van der Waals surface area contributed by atoms with Crippen LogP contribution in [-0.2, 0) is 19.1 Å². The van der Waals surface area contributed by atoms with Gasteiger partial charge in [0.05, 0.1) is 6.10 Å². The van der Waals surface area contributed by atoms with E-state index in [9.17, 15) is 19.5 Å². The third-order valence-electron chi connectivity index (χ3n) is 8.69. The summed E-state index contributed by atoms with van der Waals surface area (Å²) in [4.78, 5) is 36.2. The Morgan fingerprint density at radius 3 is 2.67 bits per heavy atom. The molecule has 7 atom stereocenters. The Kier molecular flexibility index (Phi) is 5.08. The van der Waals surface area contributed by atoms with Crippen LogP contribution in [0, 0.1) is 28.6 Å². The van der Waals surface area contributed by atoms with Crippen molar-refractivity contribution >= 4 is 17.5 Å². The molecule has 0 aliphatic heterocycles. The number of Topliss-reactive ketones (excluding diaryl/α,β-unsaturated/α-hetero) is 1. The first kappa shape index (κ1) is 21.4. The molecule has 4 rings (SSSR count). The number of hydrogen-bond donors (Lipinski definition) is 1. The number of halogens is 1. The molecule has 4 aliphatic rings. The third kappa shape index (κ3) is 2.79. The molecule has 1 N–H and O–H groups in total. The topological polar surface area (TPSA) is 80.7 Å². The first-order valence-electron chi connectivity index (χ1n) is 11.1. The van der Waals surface area contributed by atoms with Gasteiger partial charge in [-0.2, -0.15) is 0 Å². The quantitative estimate of drug-likeness (QED) is 0.707. The van der Waals surface area contributed by atoms with Crippen molar-refractivity contribution in [2.75, 3.05) is 6.61 Å². The SMILES string of the molecule is CCC(=O)OCC(=O)[C@H]1CCC2[C@@H]3CCC4=CC(=O)C=C[C@]4(C)[C@@]3(F)[C@@H](O)C[C@@]21C. The lowest BCUT2D eigenvalue weighted by atomic mass is 9.45. The second-order valence-electron chi connectivity index (χ2n) is 9.96. The smallest absolute Gasteiger partial charge is 0.305 e. The monoisotopic (exact) mass is 418 g/mol. The molecule has 1 unspecified atom stereocenters. The highest BCUT2D eigenvalue weighted by molar-refractivity contribution is 6.01. The predicted molar refractivity (Wildman–Crippen MR) is 108 cm³/mol. The number of allylic oxidation sites excluding steroid dienone is 4. The van der Waals surface area contributed by atoms with Gasteiger partial charge in [0.15, 0.2) is 17.2 Å². The predicted octanol–water partition coefficient (Wildman–Crippen LogP) is 3.50. The standard InChI is InChI=1S/C24H31FO5/c1-4-21(29)30-13-19(27)18-8-7-16-17-6-5-14-11-15(26)9-10-23(14,3)24(17,25)20(28)12-22(16,18)2/h9-11,16-18,20,28H,4-8,12-13H2,1-3H3/t16?,17-,18+,20-,22-,23-,24-/m0/s1. The highest BCUT2D eigenvalue weighted by Crippen LogP contribution is 2.68. The van der Waals surface area contributed by atoms with Gasteiger partial charge in [-0.25, -0.2) is 4.39 Å². The first-order chi connectivity index (χ1) is 14.1. The fraction of sp³-hybridized carbons (Fsp3) is 0.708. The number of carbonyl (C=O) groups is 3. The van der Waals surface area contributed by atoms with E-state index in [-0.39, 0.29) is 48.8 Å². The van der Waals surface area contributed by atoms with Gasteiger partial charge in [0.2, 0.25) is 0 Å². The van der Waals surface area contributed by atoms with Crippen LogP contribution in [0.15, 0.2) is 23.8 Å². The van der Waals surface area contributed by atoms with Gasteiger partial charge in [-0.3, -0.25) is 14.4 Å². The van der Waals surface area contributed by atoms with Gasteiger partial charge in [-0.1, -0.05) is 25.5 Å². The van der Waals surface area contributed by atoms with Crippen molar-refractivity contribution in [2.45, 2.75) is 71.1 Å². The molecule has 0 heterocycles. The lowest BCUT2D eigenvalue weighted by Gasteiger charge is -2.62. The Balaban J connectivity index is 1.64. The number of carbonyl (C=O) groups excluding carboxylic acids is 3. The fourth-order valence-corrected chi connectivity index (χ4v) is 7.09. The maximum absolute atomic E-state index is 16.9. The zero-order valence-electron chi connectivity index (χ0n) is 17.9. The molecule has 3 saturated carbocycles. The zero-order chi connectivity index (χ0) is 21.9. The molecule has 4 aliphatic carbocycles. The minimum atomic E-state index is -1.87. The van der Waals surface area contributed by atoms with Crippen molar-refractivity contribution in [3.05, 3.63) is 23.8 Å². The average molecular weight is 419 g/mol. The van der Waals surface area contributed by atoms with Crippen LogP contribution in [0.5, 0.6) is 0 Å². The molecular formula is C24H31FO5. The zero-order valence-corrected chi connectivity index (χ0v) is 17.9. The molecule has 0 aromatic rings. The maximum Gasteiger partial charge on any atom is 0.305 e. The number of aliphatic hydroxyl groups excluding tert-OH is 1. The van der Waals surface area contributed by atoms with E-state index in [0.717, 1.165) is 12.0 Å². The summed E-state index contributed by atoms with van der Waals surface area (Å²) >= 11 is 0. The minimum absolute atomic E-state index is 0.0360. The number of ketones is 2. The van der Waals surface area contributed by atoms with Gasteiger partial charge in [-0.15, -0.1) is 0 Å². The molecule has 0 aromatic heterocycles. The van der Waals surface area contributed by atoms with Crippen LogP contribution in [0.25, 0.3) is 0 Å². The number of alkyl halides is 1. The Morgan fingerprint density at radius 1 is 1.23 bits per heavy atom. The van der Waals surface area contributed by atoms with Gasteiger partial charge >= 0.3 is 5.97 Å². The van der Waals surface area contributed by atoms with E-state index in [2.05, 4.69) is 0 Å². The van der Waals surface area contributed by atoms with Crippen LogP contribution < -0.4 is 0 Å². The largest absolute Gasteiger partial charge is 0.458 e. The minimum Gasteiger partial charge on any atom is -0.458 e. The molecule has 0 saturated heterocycles. The van der Waals surface area contributed by atoms with E-state index in [0.29, 0.717) is 19.3 Å². The maximum atomic E-state index is 16.9. The summed E-state index contributed by atoms with van der Waals surface area (Å²) in [5.74, 6) is -1.44. The van der Waals surface area contributed by atoms with Crippen LogP contribution in [-0.4, -0.2) is 41.0 Å². The van der Waals surface area contributed by atoms with E-state index in [1.807, 2.05) is 6.92 Å². The van der Waals surface area contributed by atoms with Gasteiger partial charge in [0.1, 0.15) is 6.61 Å². The molecule has 164 valence electrons. The van der Waals surface area contributed by atoms with Crippen molar-refractivity contribution in [2.24, 2.45) is 28.6 Å². The van der Waals surface area contributed by atoms with Crippen LogP contribution >= 0.6 is 0 Å². The Hall–Kier alpha value is -1.82. The lowest BCUT2D eigenvalue weighted by molar-refractivity contribution is -0.196. The summed E-state index contributed by atoms with van der Waals surface area (Å²) in [5.41, 5.74) is -2.65. The van der Waals surface area contributed by atoms with Crippen molar-refractivity contribution in [1.29, 1.82) is 0 Å². The second kappa shape index (κ2) is 7.11. The number of ether oxygens (including phenoxy) is 1. The van der Waals surface area contributed by atoms with Crippen LogP contribution in [0.1, 0.15) is 59.3 Å². The summed E-state index contributed by atoms with van der Waals surface area (Å²) in [7, 11) is 0. The van der Waals surface area contributed by atoms with Crippen molar-refractivity contribution in [3.8, 4) is 0 Å². The number of fused-ring (bicyclic) bond motifs is 5. The van der Waals surface area contributed by atoms with E-state index >= 15 is 4.39 Å². The summed E-state index contributed by atoms with van der Waals surface area (Å²) < 4.78 is 22.0. The van der Waals surface area contributed by atoms with E-state index in [1.54, 1.807) is 19.9 Å². The van der Waals surface area contributed by atoms with Crippen molar-refractivity contribution in [1.82, 2.24) is 0 Å². The molecular weight excluding hydrogens is 387 g/mol. The van der Waals surface area contributed by atoms with Crippen LogP contribution in [0.2, 0.25) is 0 Å². The van der Waals surface area contributed by atoms with Crippen molar-refractivity contribution in [3.63, 3.8) is 0 Å². The molecule has 0 amide bonds. The lowest BCUT2D eigenvalue weighted by Crippen LogP contribution is -2.66. The number of rotatable bonds is 4. The van der Waals surface area contributed by atoms with E-state index in [4.69, 9.17) is 4.74 Å². The van der Waals surface area contributed by atoms with Crippen LogP contribution in [0.3, 0.4) is 0 Å². The first-order valence-corrected chi connectivity index (χ1v) is 11.1. The van der Waals surface area contributed by atoms with E-state index < -0.39 is 28.6 Å². The normalized spacial score (nSPS) is 44.6. The molecule has 30 heavy (non-hydrogen) atoms. The molecule has 3 fully saturated rings. The van der Waals surface area contributed by atoms with Gasteiger partial charge in [0, 0.05) is 23.7 Å². The third-order valence-corrected chi connectivity index (χ3v) is 8.69. The molecule has 0 bridgehead atoms. The summed E-state index contributed by atoms with van der Waals surface area (Å²) in [5, 5.41) is 11.2. The molecule has 6 heteroatoms. The highest BCUT2D eigenvalue weighted by atomic mass is 19.1. The second-order valence-corrected chi connectivity index (χ2v) is 9.96. The highest BCUT2D eigenvalue weighted by Gasteiger charge is 2.70. The molecule has 0 spiro atoms. The molecule has 0 radical (unpaired) electrons. The Bertz CT molecular complexity index is 847. The van der Waals surface area contributed by atoms with Gasteiger partial charge in [-0.05, 0) is 62.5 Å². The fourth-order valence-electron chi connectivity index (χ4n) is 7.09. The van der Waals surface area contributed by atoms with E-state index in [1.165, 1.54) is 12.2 Å². The molecule has 0 aromatic carbocycles. The number of esters is 1. The Labute approximate surface area is 176 Å². The number of hydrogen-bond acceptors (Lipinski definition) is 5. The summed E-state index contributed by atoms with van der Waals surface area (Å²) in [6.07, 6.45) is 6.27. The van der Waals surface area contributed by atoms with Gasteiger partial charge < -0.3 is 9.84 Å². The molecule has 5 nitrogen and oxygen atoms in total. The summed E-state index contributed by atoms with van der Waals surface area (Å²) in [6, 6.07) is 0. The number of aliphatic hydroxyl groups is 1. The summed E-state index contributed by atoms with van der Waals surface area (Å²) in [6.45, 7) is 5.21. The van der Waals surface area contributed by atoms with Crippen molar-refractivity contribution < 1.29 is 28.6 Å². The van der Waals surface area contributed by atoms with Crippen LogP contribution in [0.4, 0.5) is 4.39 Å².